The molecule has 0 saturated heterocycles. The highest BCUT2D eigenvalue weighted by atomic mass is 16.1. The van der Waals surface area contributed by atoms with Crippen molar-refractivity contribution in [2.45, 2.75) is 59.9 Å². The van der Waals surface area contributed by atoms with E-state index in [1.165, 1.54) is 0 Å². The van der Waals surface area contributed by atoms with Crippen molar-refractivity contribution in [3.63, 3.8) is 0 Å². The van der Waals surface area contributed by atoms with E-state index >= 15 is 0 Å². The maximum absolute atomic E-state index is 11.8. The average molecular weight is 263 g/mol. The zero-order chi connectivity index (χ0) is 14.7. The van der Waals surface area contributed by atoms with E-state index in [1.54, 1.807) is 12.5 Å². The number of hydrogen-bond donors (Lipinski definition) is 1. The quantitative estimate of drug-likeness (QED) is 0.912. The van der Waals surface area contributed by atoms with Gasteiger partial charge in [-0.05, 0) is 5.41 Å². The van der Waals surface area contributed by atoms with Crippen LogP contribution >= 0.6 is 0 Å². The van der Waals surface area contributed by atoms with Gasteiger partial charge in [0, 0.05) is 30.1 Å². The second kappa shape index (κ2) is 5.68. The molecule has 1 aromatic heterocycles. The van der Waals surface area contributed by atoms with Crippen LogP contribution in [0, 0.1) is 5.41 Å². The molecular weight excluding hydrogens is 238 g/mol. The first-order chi connectivity index (χ1) is 8.59. The Hall–Kier alpha value is -1.45. The van der Waals surface area contributed by atoms with Crippen LogP contribution in [0.4, 0.5) is 0 Å². The SMILES string of the molecule is CC(C)(C)CC(=O)NCc1cncnc1C(C)(C)C. The predicted molar refractivity (Wildman–Crippen MR) is 76.7 cm³/mol. The predicted octanol–water partition coefficient (Wildman–Crippen LogP) is 2.83. The van der Waals surface area contributed by atoms with Gasteiger partial charge in [-0.1, -0.05) is 41.5 Å². The summed E-state index contributed by atoms with van der Waals surface area (Å²) in [5.74, 6) is 0.0659. The van der Waals surface area contributed by atoms with E-state index in [9.17, 15) is 4.79 Å². The van der Waals surface area contributed by atoms with Crippen molar-refractivity contribution in [3.05, 3.63) is 23.8 Å². The molecule has 0 bridgehead atoms. The first-order valence-corrected chi connectivity index (χ1v) is 6.66. The largest absolute Gasteiger partial charge is 0.352 e. The Morgan fingerprint density at radius 3 is 2.37 bits per heavy atom. The van der Waals surface area contributed by atoms with E-state index in [0.29, 0.717) is 13.0 Å². The highest BCUT2D eigenvalue weighted by Crippen LogP contribution is 2.23. The normalized spacial score (nSPS) is 12.3. The van der Waals surface area contributed by atoms with Gasteiger partial charge in [0.15, 0.2) is 0 Å². The Morgan fingerprint density at radius 1 is 1.21 bits per heavy atom. The summed E-state index contributed by atoms with van der Waals surface area (Å²) in [6.07, 6.45) is 3.86. The lowest BCUT2D eigenvalue weighted by Gasteiger charge is -2.22. The number of rotatable bonds is 3. The molecule has 0 unspecified atom stereocenters. The third-order valence-electron chi connectivity index (χ3n) is 2.67. The van der Waals surface area contributed by atoms with E-state index < -0.39 is 0 Å². The van der Waals surface area contributed by atoms with Crippen molar-refractivity contribution in [2.75, 3.05) is 0 Å². The molecule has 19 heavy (non-hydrogen) atoms. The Balaban J connectivity index is 2.71. The smallest absolute Gasteiger partial charge is 0.220 e. The molecule has 1 amide bonds. The number of hydrogen-bond acceptors (Lipinski definition) is 3. The van der Waals surface area contributed by atoms with Crippen molar-refractivity contribution in [3.8, 4) is 0 Å². The van der Waals surface area contributed by atoms with Gasteiger partial charge < -0.3 is 5.32 Å². The van der Waals surface area contributed by atoms with E-state index in [2.05, 4.69) is 56.8 Å². The van der Waals surface area contributed by atoms with E-state index in [-0.39, 0.29) is 16.7 Å². The van der Waals surface area contributed by atoms with Gasteiger partial charge in [-0.2, -0.15) is 0 Å². The molecule has 0 aromatic carbocycles. The number of carbonyl (C=O) groups is 1. The van der Waals surface area contributed by atoms with Crippen LogP contribution in [0.1, 0.15) is 59.2 Å². The summed E-state index contributed by atoms with van der Waals surface area (Å²) in [7, 11) is 0. The summed E-state index contributed by atoms with van der Waals surface area (Å²) in [4.78, 5) is 20.2. The van der Waals surface area contributed by atoms with Crippen LogP contribution in [0.3, 0.4) is 0 Å². The topological polar surface area (TPSA) is 54.9 Å². The lowest BCUT2D eigenvalue weighted by Crippen LogP contribution is -2.29. The summed E-state index contributed by atoms with van der Waals surface area (Å²) in [6.45, 7) is 13.0. The third kappa shape index (κ3) is 5.37. The summed E-state index contributed by atoms with van der Waals surface area (Å²) >= 11 is 0. The summed E-state index contributed by atoms with van der Waals surface area (Å²) < 4.78 is 0. The molecule has 1 N–H and O–H groups in total. The van der Waals surface area contributed by atoms with Gasteiger partial charge in [0.05, 0.1) is 5.69 Å². The van der Waals surface area contributed by atoms with Gasteiger partial charge in [0.1, 0.15) is 6.33 Å². The van der Waals surface area contributed by atoms with Crippen molar-refractivity contribution in [2.24, 2.45) is 5.41 Å². The zero-order valence-electron chi connectivity index (χ0n) is 12.9. The zero-order valence-corrected chi connectivity index (χ0v) is 12.9. The molecule has 0 aliphatic carbocycles. The Morgan fingerprint density at radius 2 is 1.84 bits per heavy atom. The van der Waals surface area contributed by atoms with Crippen LogP contribution in [0.25, 0.3) is 0 Å². The standard InChI is InChI=1S/C15H25N3O/c1-14(2,3)7-12(19)17-9-11-8-16-10-18-13(11)15(4,5)6/h8,10H,7,9H2,1-6H3,(H,17,19). The van der Waals surface area contributed by atoms with Crippen molar-refractivity contribution < 1.29 is 4.79 Å². The number of amides is 1. The van der Waals surface area contributed by atoms with Crippen LogP contribution in [0.5, 0.6) is 0 Å². The van der Waals surface area contributed by atoms with E-state index in [1.807, 2.05) is 0 Å². The Bertz CT molecular complexity index is 441. The van der Waals surface area contributed by atoms with Gasteiger partial charge in [-0.3, -0.25) is 4.79 Å². The summed E-state index contributed by atoms with van der Waals surface area (Å²) in [6, 6.07) is 0. The molecule has 4 nitrogen and oxygen atoms in total. The molecule has 0 atom stereocenters. The van der Waals surface area contributed by atoms with Crippen molar-refractivity contribution in [1.29, 1.82) is 0 Å². The summed E-state index contributed by atoms with van der Waals surface area (Å²) in [5.41, 5.74) is 1.92. The van der Waals surface area contributed by atoms with Gasteiger partial charge in [-0.15, -0.1) is 0 Å². The molecule has 0 spiro atoms. The monoisotopic (exact) mass is 263 g/mol. The van der Waals surface area contributed by atoms with Crippen LogP contribution in [0.2, 0.25) is 0 Å². The molecule has 4 heteroatoms. The third-order valence-corrected chi connectivity index (χ3v) is 2.67. The lowest BCUT2D eigenvalue weighted by atomic mass is 9.88. The average Bonchev–Trinajstić information content (AvgIpc) is 2.23. The molecule has 1 rings (SSSR count). The number of nitrogens with one attached hydrogen (secondary N) is 1. The lowest BCUT2D eigenvalue weighted by molar-refractivity contribution is -0.122. The number of nitrogens with zero attached hydrogens (tertiary/aromatic N) is 2. The van der Waals surface area contributed by atoms with Crippen molar-refractivity contribution in [1.82, 2.24) is 15.3 Å². The highest BCUT2D eigenvalue weighted by Gasteiger charge is 2.20. The molecular formula is C15H25N3O. The second-order valence-electron chi connectivity index (χ2n) is 7.16. The molecule has 0 fully saturated rings. The fraction of sp³-hybridized carbons (Fsp3) is 0.667. The number of carbonyl (C=O) groups excluding carboxylic acids is 1. The van der Waals surface area contributed by atoms with E-state index in [0.717, 1.165) is 11.3 Å². The molecule has 1 aromatic rings. The summed E-state index contributed by atoms with van der Waals surface area (Å²) in [5, 5.41) is 2.95. The van der Waals surface area contributed by atoms with E-state index in [4.69, 9.17) is 0 Å². The minimum Gasteiger partial charge on any atom is -0.352 e. The number of aromatic nitrogens is 2. The molecule has 0 aliphatic heterocycles. The molecule has 0 radical (unpaired) electrons. The van der Waals surface area contributed by atoms with Crippen LogP contribution < -0.4 is 5.32 Å². The first-order valence-electron chi connectivity index (χ1n) is 6.66. The molecule has 0 aliphatic rings. The Kier molecular flexibility index (Phi) is 4.66. The van der Waals surface area contributed by atoms with Crippen LogP contribution in [0.15, 0.2) is 12.5 Å². The van der Waals surface area contributed by atoms with Gasteiger partial charge in [0.25, 0.3) is 0 Å². The maximum Gasteiger partial charge on any atom is 0.220 e. The maximum atomic E-state index is 11.8. The highest BCUT2D eigenvalue weighted by molar-refractivity contribution is 5.76. The minimum atomic E-state index is -0.0486. The van der Waals surface area contributed by atoms with Crippen LogP contribution in [-0.4, -0.2) is 15.9 Å². The molecule has 1 heterocycles. The van der Waals surface area contributed by atoms with Gasteiger partial charge >= 0.3 is 0 Å². The Labute approximate surface area is 116 Å². The van der Waals surface area contributed by atoms with Crippen molar-refractivity contribution >= 4 is 5.91 Å². The molecule has 0 saturated carbocycles. The van der Waals surface area contributed by atoms with Crippen LogP contribution in [-0.2, 0) is 16.8 Å². The fourth-order valence-electron chi connectivity index (χ4n) is 1.90. The second-order valence-corrected chi connectivity index (χ2v) is 7.16. The molecule has 106 valence electrons. The minimum absolute atomic E-state index is 0.00410. The van der Waals surface area contributed by atoms with Gasteiger partial charge in [-0.25, -0.2) is 9.97 Å². The van der Waals surface area contributed by atoms with Gasteiger partial charge in [0.2, 0.25) is 5.91 Å². The first kappa shape index (κ1) is 15.6. The fourth-order valence-corrected chi connectivity index (χ4v) is 1.90.